The van der Waals surface area contributed by atoms with Gasteiger partial charge in [-0.1, -0.05) is 30.3 Å². The van der Waals surface area contributed by atoms with E-state index in [2.05, 4.69) is 0 Å². The van der Waals surface area contributed by atoms with Crippen LogP contribution in [0, 0.1) is 0 Å². The van der Waals surface area contributed by atoms with Crippen molar-refractivity contribution in [2.24, 2.45) is 0 Å². The summed E-state index contributed by atoms with van der Waals surface area (Å²) >= 11 is 0. The van der Waals surface area contributed by atoms with Crippen molar-refractivity contribution in [2.75, 3.05) is 27.6 Å². The largest absolute Gasteiger partial charge is 0.496 e. The minimum atomic E-state index is -1.41. The summed E-state index contributed by atoms with van der Waals surface area (Å²) in [6, 6.07) is 15.3. The van der Waals surface area contributed by atoms with Gasteiger partial charge < -0.3 is 33.2 Å². The van der Waals surface area contributed by atoms with Crippen LogP contribution >= 0.6 is 0 Å². The van der Waals surface area contributed by atoms with Crippen molar-refractivity contribution in [1.82, 2.24) is 0 Å². The normalized spacial score (nSPS) is 22.2. The first-order valence-electron chi connectivity index (χ1n) is 11.2. The van der Waals surface area contributed by atoms with Gasteiger partial charge >= 0.3 is 5.97 Å². The number of ether oxygens (including phenoxy) is 7. The average Bonchev–Trinajstić information content (AvgIpc) is 3.08. The van der Waals surface area contributed by atoms with E-state index in [1.807, 2.05) is 42.5 Å². The smallest absolute Gasteiger partial charge is 0.341 e. The van der Waals surface area contributed by atoms with Crippen LogP contribution in [0.2, 0.25) is 0 Å². The lowest BCUT2D eigenvalue weighted by atomic mass is 9.90. The highest BCUT2D eigenvalue weighted by molar-refractivity contribution is 5.80. The Labute approximate surface area is 201 Å². The highest BCUT2D eigenvalue weighted by Crippen LogP contribution is 2.46. The standard InChI is InChI=1S/C26H34O8/c1-7-30-24(27)26(4)23(33-25(2,3)34-26)22(32-17-28-5)20-14-13-19(15-21(20)29-6)31-16-18-11-9-8-10-12-18/h8-15,22-23H,7,16-17H2,1-6H3/t22-,23-,26+/m0/s1. The van der Waals surface area contributed by atoms with Gasteiger partial charge in [0.2, 0.25) is 0 Å². The van der Waals surface area contributed by atoms with Crippen molar-refractivity contribution >= 4 is 5.97 Å². The average molecular weight is 475 g/mol. The predicted octanol–water partition coefficient (Wildman–Crippen LogP) is 4.41. The Morgan fingerprint density at radius 3 is 2.47 bits per heavy atom. The number of esters is 1. The molecule has 1 fully saturated rings. The van der Waals surface area contributed by atoms with Gasteiger partial charge in [-0.2, -0.15) is 0 Å². The highest BCUT2D eigenvalue weighted by Gasteiger charge is 2.59. The first kappa shape index (κ1) is 26.0. The molecule has 0 saturated carbocycles. The lowest BCUT2D eigenvalue weighted by Crippen LogP contribution is -2.49. The van der Waals surface area contributed by atoms with E-state index in [0.717, 1.165) is 5.56 Å². The molecule has 0 N–H and O–H groups in total. The van der Waals surface area contributed by atoms with Crippen LogP contribution in [-0.4, -0.2) is 51.1 Å². The number of carbonyl (C=O) groups excluding carboxylic acids is 1. The van der Waals surface area contributed by atoms with Crippen molar-refractivity contribution in [3.05, 3.63) is 59.7 Å². The fourth-order valence-electron chi connectivity index (χ4n) is 4.03. The minimum Gasteiger partial charge on any atom is -0.496 e. The van der Waals surface area contributed by atoms with E-state index in [1.54, 1.807) is 40.9 Å². The van der Waals surface area contributed by atoms with E-state index in [1.165, 1.54) is 7.11 Å². The van der Waals surface area contributed by atoms with E-state index in [9.17, 15) is 4.79 Å². The lowest BCUT2D eigenvalue weighted by Gasteiger charge is -2.32. The third-order valence-electron chi connectivity index (χ3n) is 5.49. The maximum atomic E-state index is 12.9. The molecule has 0 unspecified atom stereocenters. The number of hydrogen-bond donors (Lipinski definition) is 0. The van der Waals surface area contributed by atoms with Gasteiger partial charge in [-0.3, -0.25) is 0 Å². The first-order valence-corrected chi connectivity index (χ1v) is 11.2. The lowest BCUT2D eigenvalue weighted by molar-refractivity contribution is -0.186. The SMILES string of the molecule is CCOC(=O)[C@]1(C)OC(C)(C)O[C@H]1[C@@H](OCOC)c1ccc(OCc2ccccc2)cc1OC. The summed E-state index contributed by atoms with van der Waals surface area (Å²) in [6.45, 7) is 7.49. The molecule has 34 heavy (non-hydrogen) atoms. The van der Waals surface area contributed by atoms with Crippen molar-refractivity contribution < 1.29 is 38.0 Å². The maximum Gasteiger partial charge on any atom is 0.341 e. The van der Waals surface area contributed by atoms with Crippen LogP contribution in [0.15, 0.2) is 48.5 Å². The number of hydrogen-bond acceptors (Lipinski definition) is 8. The Morgan fingerprint density at radius 2 is 1.82 bits per heavy atom. The Morgan fingerprint density at radius 1 is 1.09 bits per heavy atom. The Hall–Kier alpha value is -2.65. The van der Waals surface area contributed by atoms with Crippen molar-refractivity contribution in [3.63, 3.8) is 0 Å². The van der Waals surface area contributed by atoms with Gasteiger partial charge in [0.25, 0.3) is 0 Å². The van der Waals surface area contributed by atoms with E-state index in [-0.39, 0.29) is 13.4 Å². The van der Waals surface area contributed by atoms with Crippen LogP contribution in [0.1, 0.15) is 44.9 Å². The molecule has 8 nitrogen and oxygen atoms in total. The minimum absolute atomic E-state index is 0.0285. The molecular weight excluding hydrogens is 440 g/mol. The summed E-state index contributed by atoms with van der Waals surface area (Å²) < 4.78 is 40.4. The van der Waals surface area contributed by atoms with Gasteiger partial charge in [0, 0.05) is 18.7 Å². The number of methoxy groups -OCH3 is 2. The van der Waals surface area contributed by atoms with Crippen molar-refractivity contribution in [3.8, 4) is 11.5 Å². The Balaban J connectivity index is 1.93. The van der Waals surface area contributed by atoms with Gasteiger partial charge in [0.15, 0.2) is 11.4 Å². The number of benzene rings is 2. The molecule has 0 radical (unpaired) electrons. The zero-order valence-electron chi connectivity index (χ0n) is 20.7. The van der Waals surface area contributed by atoms with Gasteiger partial charge in [0.05, 0.1) is 13.7 Å². The molecule has 0 bridgehead atoms. The second-order valence-corrected chi connectivity index (χ2v) is 8.54. The molecule has 1 saturated heterocycles. The van der Waals surface area contributed by atoms with E-state index in [4.69, 9.17) is 33.2 Å². The topological polar surface area (TPSA) is 81.7 Å². The maximum absolute atomic E-state index is 12.9. The predicted molar refractivity (Wildman–Crippen MR) is 125 cm³/mol. The quantitative estimate of drug-likeness (QED) is 0.350. The summed E-state index contributed by atoms with van der Waals surface area (Å²) in [7, 11) is 3.09. The summed E-state index contributed by atoms with van der Waals surface area (Å²) in [5.41, 5.74) is 0.301. The molecule has 1 aliphatic heterocycles. The molecule has 0 aromatic heterocycles. The molecule has 1 heterocycles. The molecule has 186 valence electrons. The molecule has 3 atom stereocenters. The summed E-state index contributed by atoms with van der Waals surface area (Å²) in [5, 5.41) is 0. The van der Waals surface area contributed by atoms with Crippen molar-refractivity contribution in [1.29, 1.82) is 0 Å². The molecule has 3 rings (SSSR count). The molecule has 1 aliphatic rings. The molecular formula is C26H34O8. The second-order valence-electron chi connectivity index (χ2n) is 8.54. The third-order valence-corrected chi connectivity index (χ3v) is 5.49. The fourth-order valence-corrected chi connectivity index (χ4v) is 4.03. The molecule has 2 aromatic carbocycles. The van der Waals surface area contributed by atoms with E-state index in [0.29, 0.717) is 23.7 Å². The highest BCUT2D eigenvalue weighted by atomic mass is 16.8. The molecule has 2 aromatic rings. The number of carbonyl (C=O) groups is 1. The van der Waals surface area contributed by atoms with Gasteiger partial charge in [0.1, 0.15) is 37.1 Å². The second kappa shape index (κ2) is 11.2. The zero-order valence-corrected chi connectivity index (χ0v) is 20.7. The first-order chi connectivity index (χ1) is 16.2. The van der Waals surface area contributed by atoms with E-state index >= 15 is 0 Å². The molecule has 0 aliphatic carbocycles. The van der Waals surface area contributed by atoms with Gasteiger partial charge in [-0.15, -0.1) is 0 Å². The monoisotopic (exact) mass is 474 g/mol. The summed E-state index contributed by atoms with van der Waals surface area (Å²) in [4.78, 5) is 12.9. The third kappa shape index (κ3) is 5.88. The zero-order chi connectivity index (χ0) is 24.8. The van der Waals surface area contributed by atoms with Gasteiger partial charge in [-0.25, -0.2) is 4.79 Å². The fraction of sp³-hybridized carbons (Fsp3) is 0.500. The van der Waals surface area contributed by atoms with Crippen LogP contribution in [-0.2, 0) is 35.1 Å². The van der Waals surface area contributed by atoms with Gasteiger partial charge in [-0.05, 0) is 45.4 Å². The van der Waals surface area contributed by atoms with Crippen LogP contribution in [0.25, 0.3) is 0 Å². The van der Waals surface area contributed by atoms with Crippen LogP contribution in [0.5, 0.6) is 11.5 Å². The molecule has 0 spiro atoms. The molecule has 0 amide bonds. The van der Waals surface area contributed by atoms with Crippen LogP contribution < -0.4 is 9.47 Å². The molecule has 8 heteroatoms. The van der Waals surface area contributed by atoms with E-state index < -0.39 is 29.6 Å². The summed E-state index contributed by atoms with van der Waals surface area (Å²) in [6.07, 6.45) is -1.59. The van der Waals surface area contributed by atoms with Crippen molar-refractivity contribution in [2.45, 2.75) is 57.9 Å². The van der Waals surface area contributed by atoms with Crippen LogP contribution in [0.4, 0.5) is 0 Å². The number of rotatable bonds is 11. The van der Waals surface area contributed by atoms with Crippen LogP contribution in [0.3, 0.4) is 0 Å². The Bertz CT molecular complexity index is 945. The summed E-state index contributed by atoms with van der Waals surface area (Å²) in [5.74, 6) is -0.413. The Kier molecular flexibility index (Phi) is 8.54.